The van der Waals surface area contributed by atoms with Crippen LogP contribution >= 0.6 is 0 Å². The summed E-state index contributed by atoms with van der Waals surface area (Å²) in [7, 11) is 3.51. The number of para-hydroxylation sites is 1. The summed E-state index contributed by atoms with van der Waals surface area (Å²) in [4.78, 5) is 25.8. The van der Waals surface area contributed by atoms with Crippen LogP contribution in [0.2, 0.25) is 0 Å². The van der Waals surface area contributed by atoms with Crippen LogP contribution in [0.3, 0.4) is 0 Å². The Morgan fingerprint density at radius 2 is 1.69 bits per heavy atom. The summed E-state index contributed by atoms with van der Waals surface area (Å²) in [5.74, 6) is 1.03. The van der Waals surface area contributed by atoms with Crippen LogP contribution < -0.4 is 10.1 Å². The fourth-order valence-corrected chi connectivity index (χ4v) is 2.93. The molecule has 0 aliphatic heterocycles. The van der Waals surface area contributed by atoms with Crippen LogP contribution in [0, 0.1) is 0 Å². The summed E-state index contributed by atoms with van der Waals surface area (Å²) in [6.45, 7) is 6.04. The predicted molar refractivity (Wildman–Crippen MR) is 117 cm³/mol. The fourth-order valence-electron chi connectivity index (χ4n) is 2.93. The molecule has 5 heteroatoms. The second kappa shape index (κ2) is 10.6. The molecule has 0 saturated heterocycles. The number of carbonyl (C=O) groups is 2. The second-order valence-electron chi connectivity index (χ2n) is 7.58. The number of nitrogens with zero attached hydrogens (tertiary/aromatic N) is 1. The maximum atomic E-state index is 12.6. The van der Waals surface area contributed by atoms with Gasteiger partial charge < -0.3 is 15.0 Å². The normalized spacial score (nSPS) is 12.7. The van der Waals surface area contributed by atoms with Gasteiger partial charge in [-0.3, -0.25) is 9.59 Å². The molecule has 0 saturated carbocycles. The minimum absolute atomic E-state index is 0.103. The van der Waals surface area contributed by atoms with Gasteiger partial charge in [0.25, 0.3) is 5.91 Å². The van der Waals surface area contributed by atoms with E-state index in [2.05, 4.69) is 19.2 Å². The highest BCUT2D eigenvalue weighted by Gasteiger charge is 2.18. The number of nitrogens with one attached hydrogen (secondary N) is 1. The first-order chi connectivity index (χ1) is 13.8. The molecular formula is C24H32N2O3. The lowest BCUT2D eigenvalue weighted by atomic mass is 9.98. The highest BCUT2D eigenvalue weighted by molar-refractivity contribution is 5.94. The lowest BCUT2D eigenvalue weighted by molar-refractivity contribution is -0.128. The van der Waals surface area contributed by atoms with Gasteiger partial charge in [0, 0.05) is 26.2 Å². The first-order valence-corrected chi connectivity index (χ1v) is 10.2. The second-order valence-corrected chi connectivity index (χ2v) is 7.58. The molecule has 2 atom stereocenters. The zero-order chi connectivity index (χ0) is 21.4. The van der Waals surface area contributed by atoms with Crippen LogP contribution in [0.5, 0.6) is 5.75 Å². The van der Waals surface area contributed by atoms with Crippen molar-refractivity contribution in [3.05, 3.63) is 59.7 Å². The van der Waals surface area contributed by atoms with E-state index in [1.807, 2.05) is 48.5 Å². The van der Waals surface area contributed by atoms with Crippen molar-refractivity contribution in [3.8, 4) is 5.75 Å². The minimum Gasteiger partial charge on any atom is -0.481 e. The number of aryl methyl sites for hydroxylation is 1. The number of ether oxygens (including phenoxy) is 1. The van der Waals surface area contributed by atoms with Gasteiger partial charge in [-0.2, -0.15) is 0 Å². The lowest BCUT2D eigenvalue weighted by Crippen LogP contribution is -2.30. The number of hydrogen-bond donors (Lipinski definition) is 1. The van der Waals surface area contributed by atoms with Gasteiger partial charge >= 0.3 is 0 Å². The summed E-state index contributed by atoms with van der Waals surface area (Å²) in [6.07, 6.45) is 1.54. The first kappa shape index (κ1) is 22.5. The summed E-state index contributed by atoms with van der Waals surface area (Å²) < 4.78 is 5.96. The molecule has 0 aliphatic carbocycles. The molecule has 0 spiro atoms. The highest BCUT2D eigenvalue weighted by atomic mass is 16.5. The van der Waals surface area contributed by atoms with Gasteiger partial charge in [-0.05, 0) is 55.0 Å². The van der Waals surface area contributed by atoms with Crippen LogP contribution in [0.25, 0.3) is 0 Å². The molecule has 0 heterocycles. The number of carbonyl (C=O) groups excluding carboxylic acids is 2. The van der Waals surface area contributed by atoms with E-state index >= 15 is 0 Å². The zero-order valence-corrected chi connectivity index (χ0v) is 18.1. The molecule has 5 nitrogen and oxygen atoms in total. The molecular weight excluding hydrogens is 364 g/mol. The van der Waals surface area contributed by atoms with E-state index in [0.29, 0.717) is 24.4 Å². The van der Waals surface area contributed by atoms with Gasteiger partial charge in [0.2, 0.25) is 5.91 Å². The van der Waals surface area contributed by atoms with E-state index in [9.17, 15) is 9.59 Å². The molecule has 0 aromatic heterocycles. The minimum atomic E-state index is -0.613. The number of rotatable bonds is 9. The van der Waals surface area contributed by atoms with Crippen LogP contribution in [-0.4, -0.2) is 36.9 Å². The summed E-state index contributed by atoms with van der Waals surface area (Å²) in [5.41, 5.74) is 2.89. The Bertz CT molecular complexity index is 815. The SMILES string of the molecule is CCC(C)c1ccccc1OC(C)C(=O)Nc1ccc(CCC(=O)N(C)C)cc1. The van der Waals surface area contributed by atoms with Gasteiger partial charge in [-0.15, -0.1) is 0 Å². The van der Waals surface area contributed by atoms with Crippen molar-refractivity contribution in [1.82, 2.24) is 4.90 Å². The lowest BCUT2D eigenvalue weighted by Gasteiger charge is -2.19. The molecule has 1 N–H and O–H groups in total. The van der Waals surface area contributed by atoms with Crippen molar-refractivity contribution in [1.29, 1.82) is 0 Å². The number of anilines is 1. The third-order valence-electron chi connectivity index (χ3n) is 5.08. The Morgan fingerprint density at radius 1 is 1.03 bits per heavy atom. The largest absolute Gasteiger partial charge is 0.481 e. The average Bonchev–Trinajstić information content (AvgIpc) is 2.72. The summed E-state index contributed by atoms with van der Waals surface area (Å²) in [6, 6.07) is 15.5. The van der Waals surface area contributed by atoms with Gasteiger partial charge in [0.1, 0.15) is 5.75 Å². The van der Waals surface area contributed by atoms with Gasteiger partial charge in [0.15, 0.2) is 6.10 Å². The van der Waals surface area contributed by atoms with E-state index in [1.54, 1.807) is 25.9 Å². The molecule has 2 rings (SSSR count). The molecule has 2 amide bonds. The van der Waals surface area contributed by atoms with Gasteiger partial charge in [0.05, 0.1) is 0 Å². The van der Waals surface area contributed by atoms with Crippen LogP contribution in [0.4, 0.5) is 5.69 Å². The Balaban J connectivity index is 1.94. The fraction of sp³-hybridized carbons (Fsp3) is 0.417. The average molecular weight is 397 g/mol. The van der Waals surface area contributed by atoms with Crippen LogP contribution in [0.15, 0.2) is 48.5 Å². The summed E-state index contributed by atoms with van der Waals surface area (Å²) in [5, 5.41) is 2.90. The maximum absolute atomic E-state index is 12.6. The number of hydrogen-bond acceptors (Lipinski definition) is 3. The van der Waals surface area contributed by atoms with E-state index in [4.69, 9.17) is 4.74 Å². The Hall–Kier alpha value is -2.82. The molecule has 2 aromatic rings. The van der Waals surface area contributed by atoms with Crippen LogP contribution in [0.1, 0.15) is 50.7 Å². The van der Waals surface area contributed by atoms with Crippen molar-refractivity contribution in [3.63, 3.8) is 0 Å². The molecule has 2 aromatic carbocycles. The molecule has 29 heavy (non-hydrogen) atoms. The van der Waals surface area contributed by atoms with E-state index in [-0.39, 0.29) is 11.8 Å². The number of benzene rings is 2. The first-order valence-electron chi connectivity index (χ1n) is 10.2. The van der Waals surface area contributed by atoms with Crippen molar-refractivity contribution < 1.29 is 14.3 Å². The number of amides is 2. The highest BCUT2D eigenvalue weighted by Crippen LogP contribution is 2.29. The molecule has 2 unspecified atom stereocenters. The Morgan fingerprint density at radius 3 is 2.31 bits per heavy atom. The van der Waals surface area contributed by atoms with Gasteiger partial charge in [-0.25, -0.2) is 0 Å². The third kappa shape index (κ3) is 6.63. The Kier molecular flexibility index (Phi) is 8.25. The molecule has 0 fully saturated rings. The topological polar surface area (TPSA) is 58.6 Å². The maximum Gasteiger partial charge on any atom is 0.265 e. The quantitative estimate of drug-likeness (QED) is 0.672. The standard InChI is InChI=1S/C24H32N2O3/c1-6-17(2)21-9-7-8-10-22(21)29-18(3)24(28)25-20-14-11-19(12-15-20)13-16-23(27)26(4)5/h7-12,14-15,17-18H,6,13,16H2,1-5H3,(H,25,28). The zero-order valence-electron chi connectivity index (χ0n) is 18.1. The van der Waals surface area contributed by atoms with Gasteiger partial charge in [-0.1, -0.05) is 44.2 Å². The third-order valence-corrected chi connectivity index (χ3v) is 5.08. The Labute approximate surface area is 174 Å². The molecule has 0 aliphatic rings. The van der Waals surface area contributed by atoms with Crippen molar-refractivity contribution in [2.24, 2.45) is 0 Å². The molecule has 156 valence electrons. The van der Waals surface area contributed by atoms with E-state index in [0.717, 1.165) is 23.3 Å². The van der Waals surface area contributed by atoms with Crippen molar-refractivity contribution in [2.75, 3.05) is 19.4 Å². The van der Waals surface area contributed by atoms with E-state index < -0.39 is 6.10 Å². The van der Waals surface area contributed by atoms with Crippen LogP contribution in [-0.2, 0) is 16.0 Å². The predicted octanol–water partition coefficient (Wildman–Crippen LogP) is 4.63. The van der Waals surface area contributed by atoms with Crippen molar-refractivity contribution in [2.45, 2.75) is 52.1 Å². The molecule has 0 bridgehead atoms. The summed E-state index contributed by atoms with van der Waals surface area (Å²) >= 11 is 0. The monoisotopic (exact) mass is 396 g/mol. The van der Waals surface area contributed by atoms with E-state index in [1.165, 1.54) is 0 Å². The smallest absolute Gasteiger partial charge is 0.265 e. The van der Waals surface area contributed by atoms with Crippen molar-refractivity contribution >= 4 is 17.5 Å². The molecule has 0 radical (unpaired) electrons.